The normalized spacial score (nSPS) is 13.1. The number of carbonyl (C=O) groups excluding carboxylic acids is 1. The fourth-order valence-corrected chi connectivity index (χ4v) is 2.78. The largest absolute Gasteiger partial charge is 0.494 e. The molecule has 0 spiro atoms. The number of aliphatic carboxylic acids is 1. The summed E-state index contributed by atoms with van der Waals surface area (Å²) in [5, 5.41) is 23.3. The van der Waals surface area contributed by atoms with Gasteiger partial charge in [-0.1, -0.05) is 0 Å². The maximum atomic E-state index is 11.9. The van der Waals surface area contributed by atoms with Crippen molar-refractivity contribution in [1.29, 1.82) is 0 Å². The van der Waals surface area contributed by atoms with Gasteiger partial charge in [-0.2, -0.15) is 0 Å². The van der Waals surface area contributed by atoms with Crippen molar-refractivity contribution in [2.75, 3.05) is 13.2 Å². The van der Waals surface area contributed by atoms with Crippen LogP contribution in [0.5, 0.6) is 5.75 Å². The SMILES string of the molecule is CCOc1ccc(-c2nc(CC(=O)NCC(C)(O)C(=O)O)cs2)cc1. The number of carboxylic acid groups (broad SMARTS) is 1. The summed E-state index contributed by atoms with van der Waals surface area (Å²) in [6, 6.07) is 7.52. The van der Waals surface area contributed by atoms with Crippen molar-refractivity contribution < 1.29 is 24.5 Å². The third-order valence-corrected chi connectivity index (χ3v) is 4.34. The van der Waals surface area contributed by atoms with Gasteiger partial charge in [-0.25, -0.2) is 9.78 Å². The second-order valence-electron chi connectivity index (χ2n) is 5.63. The van der Waals surface area contributed by atoms with Crippen LogP contribution in [0.3, 0.4) is 0 Å². The molecule has 134 valence electrons. The zero-order valence-electron chi connectivity index (χ0n) is 14.0. The first kappa shape index (κ1) is 18.9. The lowest BCUT2D eigenvalue weighted by molar-refractivity contribution is -0.156. The number of nitrogens with zero attached hydrogens (tertiary/aromatic N) is 1. The predicted molar refractivity (Wildman–Crippen MR) is 93.7 cm³/mol. The summed E-state index contributed by atoms with van der Waals surface area (Å²) < 4.78 is 5.39. The Morgan fingerprint density at radius 1 is 1.32 bits per heavy atom. The summed E-state index contributed by atoms with van der Waals surface area (Å²) in [6.07, 6.45) is 0.0171. The number of benzene rings is 1. The molecule has 0 aliphatic rings. The standard InChI is InChI=1S/C17H20N2O5S/c1-3-24-13-6-4-11(5-7-13)15-19-12(9-25-15)8-14(20)18-10-17(2,23)16(21)22/h4-7,9,23H,3,8,10H2,1-2H3,(H,18,20)(H,21,22). The minimum atomic E-state index is -1.99. The smallest absolute Gasteiger partial charge is 0.337 e. The Morgan fingerprint density at radius 2 is 2.00 bits per heavy atom. The molecule has 1 unspecified atom stereocenters. The Bertz CT molecular complexity index is 740. The molecular formula is C17H20N2O5S. The van der Waals surface area contributed by atoms with Gasteiger partial charge in [0.1, 0.15) is 10.8 Å². The maximum absolute atomic E-state index is 11.9. The molecule has 8 heteroatoms. The molecule has 1 heterocycles. The first-order valence-electron chi connectivity index (χ1n) is 7.72. The van der Waals surface area contributed by atoms with E-state index in [1.807, 2.05) is 31.2 Å². The lowest BCUT2D eigenvalue weighted by Crippen LogP contribution is -2.46. The number of carboxylic acids is 1. The van der Waals surface area contributed by atoms with E-state index in [9.17, 15) is 14.7 Å². The molecule has 2 aromatic rings. The van der Waals surface area contributed by atoms with E-state index in [1.165, 1.54) is 11.3 Å². The number of ether oxygens (including phenoxy) is 1. The van der Waals surface area contributed by atoms with Gasteiger partial charge in [0.15, 0.2) is 5.60 Å². The summed E-state index contributed by atoms with van der Waals surface area (Å²) in [5.74, 6) is -1.00. The average Bonchev–Trinajstić information content (AvgIpc) is 3.02. The zero-order valence-corrected chi connectivity index (χ0v) is 14.8. The molecule has 0 aliphatic carbocycles. The first-order valence-corrected chi connectivity index (χ1v) is 8.60. The van der Waals surface area contributed by atoms with E-state index in [0.29, 0.717) is 12.3 Å². The highest BCUT2D eigenvalue weighted by Gasteiger charge is 2.30. The Hall–Kier alpha value is -2.45. The quantitative estimate of drug-likeness (QED) is 0.658. The Balaban J connectivity index is 1.94. The van der Waals surface area contributed by atoms with Crippen LogP contribution in [-0.2, 0) is 16.0 Å². The number of carbonyl (C=O) groups is 2. The van der Waals surface area contributed by atoms with E-state index in [0.717, 1.165) is 23.2 Å². The van der Waals surface area contributed by atoms with Crippen molar-refractivity contribution in [3.8, 4) is 16.3 Å². The number of aliphatic hydroxyl groups is 1. The number of hydrogen-bond donors (Lipinski definition) is 3. The Kier molecular flexibility index (Phi) is 6.11. The van der Waals surface area contributed by atoms with Crippen molar-refractivity contribution in [1.82, 2.24) is 10.3 Å². The van der Waals surface area contributed by atoms with E-state index < -0.39 is 17.5 Å². The molecule has 1 atom stereocenters. The van der Waals surface area contributed by atoms with Gasteiger partial charge in [-0.05, 0) is 38.1 Å². The summed E-state index contributed by atoms with van der Waals surface area (Å²) in [4.78, 5) is 27.1. The van der Waals surface area contributed by atoms with Crippen LogP contribution in [0.15, 0.2) is 29.6 Å². The highest BCUT2D eigenvalue weighted by Crippen LogP contribution is 2.26. The molecule has 0 saturated heterocycles. The van der Waals surface area contributed by atoms with Gasteiger partial charge in [0, 0.05) is 10.9 Å². The van der Waals surface area contributed by atoms with Crippen molar-refractivity contribution in [3.05, 3.63) is 35.3 Å². The van der Waals surface area contributed by atoms with Crippen molar-refractivity contribution in [2.45, 2.75) is 25.9 Å². The zero-order chi connectivity index (χ0) is 18.4. The fourth-order valence-electron chi connectivity index (χ4n) is 1.95. The number of amides is 1. The van der Waals surface area contributed by atoms with Crippen molar-refractivity contribution in [2.24, 2.45) is 0 Å². The van der Waals surface area contributed by atoms with Crippen LogP contribution in [0.1, 0.15) is 19.5 Å². The van der Waals surface area contributed by atoms with E-state index in [-0.39, 0.29) is 13.0 Å². The second kappa shape index (κ2) is 8.09. The number of hydrogen-bond acceptors (Lipinski definition) is 6. The maximum Gasteiger partial charge on any atom is 0.337 e. The van der Waals surface area contributed by atoms with Crippen molar-refractivity contribution in [3.63, 3.8) is 0 Å². The molecule has 2 rings (SSSR count). The van der Waals surface area contributed by atoms with Crippen LogP contribution in [0, 0.1) is 0 Å². The third-order valence-electron chi connectivity index (χ3n) is 3.40. The number of rotatable bonds is 8. The van der Waals surface area contributed by atoms with Gasteiger partial charge in [-0.15, -0.1) is 11.3 Å². The van der Waals surface area contributed by atoms with Crippen LogP contribution in [0.25, 0.3) is 10.6 Å². The lowest BCUT2D eigenvalue weighted by Gasteiger charge is -2.17. The molecule has 1 aromatic carbocycles. The summed E-state index contributed by atoms with van der Waals surface area (Å²) in [5.41, 5.74) is -0.485. The van der Waals surface area contributed by atoms with Gasteiger partial charge in [0.2, 0.25) is 5.91 Å². The topological polar surface area (TPSA) is 109 Å². The average molecular weight is 364 g/mol. The monoisotopic (exact) mass is 364 g/mol. The molecule has 3 N–H and O–H groups in total. The first-order chi connectivity index (χ1) is 11.8. The third kappa shape index (κ3) is 5.27. The summed E-state index contributed by atoms with van der Waals surface area (Å²) in [6.45, 7) is 3.28. The lowest BCUT2D eigenvalue weighted by atomic mass is 10.1. The minimum Gasteiger partial charge on any atom is -0.494 e. The summed E-state index contributed by atoms with van der Waals surface area (Å²) >= 11 is 1.42. The van der Waals surface area contributed by atoms with Gasteiger partial charge >= 0.3 is 5.97 Å². The molecule has 1 amide bonds. The molecular weight excluding hydrogens is 344 g/mol. The van der Waals surface area contributed by atoms with Gasteiger partial charge in [0.05, 0.1) is 25.3 Å². The van der Waals surface area contributed by atoms with Gasteiger partial charge < -0.3 is 20.3 Å². The van der Waals surface area contributed by atoms with E-state index >= 15 is 0 Å². The molecule has 25 heavy (non-hydrogen) atoms. The summed E-state index contributed by atoms with van der Waals surface area (Å²) in [7, 11) is 0. The Morgan fingerprint density at radius 3 is 2.60 bits per heavy atom. The van der Waals surface area contributed by atoms with Crippen LogP contribution in [0.2, 0.25) is 0 Å². The molecule has 1 aromatic heterocycles. The van der Waals surface area contributed by atoms with Gasteiger partial charge in [0.25, 0.3) is 0 Å². The highest BCUT2D eigenvalue weighted by molar-refractivity contribution is 7.13. The number of nitrogens with one attached hydrogen (secondary N) is 1. The molecule has 7 nitrogen and oxygen atoms in total. The molecule has 0 bridgehead atoms. The van der Waals surface area contributed by atoms with Gasteiger partial charge in [-0.3, -0.25) is 4.79 Å². The van der Waals surface area contributed by atoms with Crippen molar-refractivity contribution >= 4 is 23.2 Å². The highest BCUT2D eigenvalue weighted by atomic mass is 32.1. The number of aromatic nitrogens is 1. The van der Waals surface area contributed by atoms with E-state index in [2.05, 4.69) is 10.3 Å². The second-order valence-corrected chi connectivity index (χ2v) is 6.49. The molecule has 0 saturated carbocycles. The number of thiazole rings is 1. The molecule has 0 fully saturated rings. The Labute approximate surface area is 149 Å². The van der Waals surface area contributed by atoms with Crippen LogP contribution < -0.4 is 10.1 Å². The van der Waals surface area contributed by atoms with E-state index in [4.69, 9.17) is 9.84 Å². The van der Waals surface area contributed by atoms with Crippen LogP contribution >= 0.6 is 11.3 Å². The van der Waals surface area contributed by atoms with E-state index in [1.54, 1.807) is 5.38 Å². The molecule has 0 radical (unpaired) electrons. The minimum absolute atomic E-state index is 0.0171. The van der Waals surface area contributed by atoms with Crippen LogP contribution in [-0.4, -0.2) is 45.8 Å². The predicted octanol–water partition coefficient (Wildman–Crippen LogP) is 1.70. The molecule has 0 aliphatic heterocycles. The van der Waals surface area contributed by atoms with Crippen LogP contribution in [0.4, 0.5) is 0 Å². The fraction of sp³-hybridized carbons (Fsp3) is 0.353.